The Bertz CT molecular complexity index is 1420. The highest BCUT2D eigenvalue weighted by molar-refractivity contribution is 6.04. The zero-order valence-corrected chi connectivity index (χ0v) is 20.0. The van der Waals surface area contributed by atoms with Gasteiger partial charge in [0.2, 0.25) is 5.91 Å². The Hall–Kier alpha value is -4.52. The molecule has 2 atom stereocenters. The molecule has 0 radical (unpaired) electrons. The number of methoxy groups -OCH3 is 1. The van der Waals surface area contributed by atoms with E-state index < -0.39 is 17.8 Å². The van der Waals surface area contributed by atoms with Gasteiger partial charge in [-0.1, -0.05) is 42.5 Å². The summed E-state index contributed by atoms with van der Waals surface area (Å²) in [5, 5.41) is 2.89. The second-order valence-electron chi connectivity index (χ2n) is 8.84. The maximum atomic E-state index is 13.9. The van der Waals surface area contributed by atoms with Crippen LogP contribution in [0.25, 0.3) is 0 Å². The summed E-state index contributed by atoms with van der Waals surface area (Å²) in [6.07, 6.45) is 0. The fourth-order valence-electron chi connectivity index (χ4n) is 4.76. The Morgan fingerprint density at radius 2 is 1.49 bits per heavy atom. The number of nitrogens with zero attached hydrogens (tertiary/aromatic N) is 1. The van der Waals surface area contributed by atoms with E-state index in [4.69, 9.17) is 4.74 Å². The van der Waals surface area contributed by atoms with Crippen molar-refractivity contribution in [3.8, 4) is 5.75 Å². The van der Waals surface area contributed by atoms with Gasteiger partial charge in [0.25, 0.3) is 5.91 Å². The zero-order chi connectivity index (χ0) is 25.9. The predicted molar refractivity (Wildman–Crippen MR) is 136 cm³/mol. The van der Waals surface area contributed by atoms with Crippen molar-refractivity contribution < 1.29 is 23.1 Å². The van der Waals surface area contributed by atoms with Crippen molar-refractivity contribution in [1.29, 1.82) is 0 Å². The summed E-state index contributed by atoms with van der Waals surface area (Å²) < 4.78 is 32.3. The summed E-state index contributed by atoms with van der Waals surface area (Å²) in [4.78, 5) is 29.3. The van der Waals surface area contributed by atoms with E-state index in [2.05, 4.69) is 5.32 Å². The maximum Gasteiger partial charge on any atom is 0.255 e. The second-order valence-corrected chi connectivity index (χ2v) is 8.84. The molecule has 4 aromatic carbocycles. The fourth-order valence-corrected chi connectivity index (χ4v) is 4.76. The van der Waals surface area contributed by atoms with E-state index in [9.17, 15) is 18.4 Å². The molecular formula is C30H24F2N2O3. The first-order chi connectivity index (χ1) is 17.9. The average Bonchev–Trinajstić information content (AvgIpc) is 2.92. The molecule has 0 aliphatic carbocycles. The van der Waals surface area contributed by atoms with E-state index in [1.54, 1.807) is 60.5 Å². The number of fused-ring (bicyclic) bond motifs is 1. The monoisotopic (exact) mass is 498 g/mol. The molecule has 1 heterocycles. The van der Waals surface area contributed by atoms with Crippen LogP contribution >= 0.6 is 0 Å². The van der Waals surface area contributed by atoms with Gasteiger partial charge in [-0.05, 0) is 71.3 Å². The van der Waals surface area contributed by atoms with Gasteiger partial charge in [-0.2, -0.15) is 0 Å². The minimum absolute atomic E-state index is 0.171. The first-order valence-electron chi connectivity index (χ1n) is 11.8. The molecule has 0 unspecified atom stereocenters. The van der Waals surface area contributed by atoms with E-state index in [1.807, 2.05) is 12.1 Å². The van der Waals surface area contributed by atoms with Crippen LogP contribution in [0.3, 0.4) is 0 Å². The van der Waals surface area contributed by atoms with Gasteiger partial charge in [0, 0.05) is 17.8 Å². The number of hydrogen-bond donors (Lipinski definition) is 1. The van der Waals surface area contributed by atoms with Crippen LogP contribution in [-0.4, -0.2) is 23.8 Å². The molecule has 4 aromatic rings. The normalized spacial score (nSPS) is 16.7. The molecule has 0 saturated carbocycles. The molecular weight excluding hydrogens is 474 g/mol. The molecule has 0 saturated heterocycles. The molecule has 2 amide bonds. The van der Waals surface area contributed by atoms with Gasteiger partial charge in [-0.15, -0.1) is 0 Å². The number of benzene rings is 4. The molecule has 186 valence electrons. The zero-order valence-electron chi connectivity index (χ0n) is 20.0. The number of anilines is 1. The van der Waals surface area contributed by atoms with Gasteiger partial charge in [0.05, 0.1) is 19.1 Å². The van der Waals surface area contributed by atoms with Gasteiger partial charge in [-0.3, -0.25) is 9.59 Å². The summed E-state index contributed by atoms with van der Waals surface area (Å²) in [5.74, 6) is -1.48. The van der Waals surface area contributed by atoms with E-state index in [-0.39, 0.29) is 24.2 Å². The van der Waals surface area contributed by atoms with Crippen LogP contribution in [0.4, 0.5) is 14.5 Å². The van der Waals surface area contributed by atoms with Crippen LogP contribution in [0.5, 0.6) is 5.75 Å². The van der Waals surface area contributed by atoms with Crippen LogP contribution in [0.1, 0.15) is 39.0 Å². The third kappa shape index (κ3) is 4.93. The highest BCUT2D eigenvalue weighted by Gasteiger charge is 2.44. The van der Waals surface area contributed by atoms with Crippen molar-refractivity contribution in [2.75, 3.05) is 12.4 Å². The molecule has 1 N–H and O–H groups in total. The summed E-state index contributed by atoms with van der Waals surface area (Å²) >= 11 is 0. The fraction of sp³-hybridized carbons (Fsp3) is 0.133. The minimum Gasteiger partial charge on any atom is -0.497 e. The molecule has 5 nitrogen and oxygen atoms in total. The van der Waals surface area contributed by atoms with Crippen molar-refractivity contribution in [1.82, 2.24) is 4.90 Å². The lowest BCUT2D eigenvalue weighted by Crippen LogP contribution is -2.45. The molecule has 0 aromatic heterocycles. The van der Waals surface area contributed by atoms with E-state index in [0.717, 1.165) is 11.1 Å². The number of ether oxygens (including phenoxy) is 1. The van der Waals surface area contributed by atoms with Crippen LogP contribution < -0.4 is 10.1 Å². The third-order valence-electron chi connectivity index (χ3n) is 6.56. The topological polar surface area (TPSA) is 58.6 Å². The Morgan fingerprint density at radius 1 is 0.865 bits per heavy atom. The number of rotatable bonds is 6. The smallest absolute Gasteiger partial charge is 0.255 e. The van der Waals surface area contributed by atoms with Gasteiger partial charge < -0.3 is 15.0 Å². The maximum absolute atomic E-state index is 13.9. The second kappa shape index (κ2) is 10.2. The standard InChI is InChI=1S/C30H24F2N2O3/c1-37-24-16-8-20(9-17-24)28-27(29(35)33-23-14-12-22(32)13-15-23)25-4-2-3-5-26(25)30(36)34(28)18-19-6-10-21(31)11-7-19/h2-17,27-28H,18H2,1H3,(H,33,35)/t27-,28+/m0/s1. The lowest BCUT2D eigenvalue weighted by Gasteiger charge is -2.42. The Kier molecular flexibility index (Phi) is 6.68. The number of hydrogen-bond acceptors (Lipinski definition) is 3. The van der Waals surface area contributed by atoms with Gasteiger partial charge in [-0.25, -0.2) is 8.78 Å². The molecule has 0 spiro atoms. The largest absolute Gasteiger partial charge is 0.497 e. The quantitative estimate of drug-likeness (QED) is 0.350. The van der Waals surface area contributed by atoms with Crippen molar-refractivity contribution in [3.05, 3.63) is 131 Å². The summed E-state index contributed by atoms with van der Waals surface area (Å²) in [6, 6.07) is 25.1. The van der Waals surface area contributed by atoms with Crippen molar-refractivity contribution >= 4 is 17.5 Å². The number of carbonyl (C=O) groups is 2. The van der Waals surface area contributed by atoms with Crippen molar-refractivity contribution in [3.63, 3.8) is 0 Å². The number of halogens is 2. The van der Waals surface area contributed by atoms with E-state index in [0.29, 0.717) is 22.6 Å². The van der Waals surface area contributed by atoms with Crippen LogP contribution in [0.15, 0.2) is 97.1 Å². The predicted octanol–water partition coefficient (Wildman–Crippen LogP) is 6.09. The lowest BCUT2D eigenvalue weighted by atomic mass is 9.79. The Labute approximate surface area is 213 Å². The van der Waals surface area contributed by atoms with Crippen molar-refractivity contribution in [2.24, 2.45) is 0 Å². The van der Waals surface area contributed by atoms with Crippen LogP contribution in [0.2, 0.25) is 0 Å². The SMILES string of the molecule is COc1ccc([C@@H]2[C@@H](C(=O)Nc3ccc(F)cc3)c3ccccc3C(=O)N2Cc2ccc(F)cc2)cc1. The van der Waals surface area contributed by atoms with Gasteiger partial charge in [0.1, 0.15) is 17.4 Å². The molecule has 0 fully saturated rings. The summed E-state index contributed by atoms with van der Waals surface area (Å²) in [5.41, 5.74) is 2.94. The minimum atomic E-state index is -0.771. The molecule has 5 rings (SSSR count). The average molecular weight is 499 g/mol. The molecule has 1 aliphatic rings. The number of nitrogens with one attached hydrogen (secondary N) is 1. The van der Waals surface area contributed by atoms with Gasteiger partial charge in [0.15, 0.2) is 0 Å². The molecule has 0 bridgehead atoms. The Morgan fingerprint density at radius 3 is 2.14 bits per heavy atom. The highest BCUT2D eigenvalue weighted by Crippen LogP contribution is 2.44. The lowest BCUT2D eigenvalue weighted by molar-refractivity contribution is -0.119. The first kappa shape index (κ1) is 24.2. The number of amides is 2. The van der Waals surface area contributed by atoms with Gasteiger partial charge >= 0.3 is 0 Å². The third-order valence-corrected chi connectivity index (χ3v) is 6.56. The number of carbonyl (C=O) groups excluding carboxylic acids is 2. The van der Waals surface area contributed by atoms with Crippen LogP contribution in [-0.2, 0) is 11.3 Å². The summed E-state index contributed by atoms with van der Waals surface area (Å²) in [6.45, 7) is 0.171. The molecule has 37 heavy (non-hydrogen) atoms. The summed E-state index contributed by atoms with van der Waals surface area (Å²) in [7, 11) is 1.56. The van der Waals surface area contributed by atoms with E-state index in [1.165, 1.54) is 36.4 Å². The molecule has 1 aliphatic heterocycles. The first-order valence-corrected chi connectivity index (χ1v) is 11.8. The molecule has 7 heteroatoms. The van der Waals surface area contributed by atoms with E-state index >= 15 is 0 Å². The highest BCUT2D eigenvalue weighted by atomic mass is 19.1. The van der Waals surface area contributed by atoms with Crippen molar-refractivity contribution in [2.45, 2.75) is 18.5 Å². The Balaban J connectivity index is 1.62. The van der Waals surface area contributed by atoms with Crippen LogP contribution in [0, 0.1) is 11.6 Å².